The van der Waals surface area contributed by atoms with Gasteiger partial charge in [-0.3, -0.25) is 9.69 Å². The number of hydrogen-bond donors (Lipinski definition) is 1. The molecule has 1 aromatic heterocycles. The van der Waals surface area contributed by atoms with E-state index in [0.717, 1.165) is 43.5 Å². The second-order valence-electron chi connectivity index (χ2n) is 5.85. The number of aromatic nitrogens is 2. The molecule has 2 rings (SSSR count). The predicted octanol–water partition coefficient (Wildman–Crippen LogP) is 1.93. The molecule has 0 spiro atoms. The largest absolute Gasteiger partial charge is 0.481 e. The van der Waals surface area contributed by atoms with Crippen LogP contribution in [0.3, 0.4) is 0 Å². The van der Waals surface area contributed by atoms with Gasteiger partial charge in [-0.05, 0) is 6.92 Å². The van der Waals surface area contributed by atoms with Crippen molar-refractivity contribution < 1.29 is 9.90 Å². The molecule has 0 aliphatic carbocycles. The van der Waals surface area contributed by atoms with Crippen LogP contribution in [0.15, 0.2) is 6.07 Å². The van der Waals surface area contributed by atoms with E-state index in [9.17, 15) is 4.79 Å². The number of hydrogen-bond acceptors (Lipinski definition) is 5. The zero-order valence-electron chi connectivity index (χ0n) is 13.4. The fourth-order valence-corrected chi connectivity index (χ4v) is 2.45. The number of aryl methyl sites for hydroxylation is 1. The van der Waals surface area contributed by atoms with Crippen LogP contribution in [0.4, 0.5) is 5.82 Å². The zero-order valence-corrected chi connectivity index (χ0v) is 14.3. The lowest BCUT2D eigenvalue weighted by molar-refractivity contribution is -0.137. The van der Waals surface area contributed by atoms with Crippen LogP contribution in [0.25, 0.3) is 0 Å². The molecule has 1 fully saturated rings. The van der Waals surface area contributed by atoms with E-state index in [1.54, 1.807) is 0 Å². The van der Waals surface area contributed by atoms with Crippen molar-refractivity contribution >= 4 is 24.2 Å². The average Bonchev–Trinajstić information content (AvgIpc) is 2.45. The van der Waals surface area contributed by atoms with E-state index >= 15 is 0 Å². The highest BCUT2D eigenvalue weighted by atomic mass is 35.5. The van der Waals surface area contributed by atoms with Gasteiger partial charge in [0, 0.05) is 50.4 Å². The van der Waals surface area contributed by atoms with Crippen molar-refractivity contribution in [3.63, 3.8) is 0 Å². The summed E-state index contributed by atoms with van der Waals surface area (Å²) in [6, 6.07) is 2.03. The minimum absolute atomic E-state index is 0. The van der Waals surface area contributed by atoms with Crippen molar-refractivity contribution in [3.05, 3.63) is 17.6 Å². The van der Waals surface area contributed by atoms with Crippen LogP contribution in [0.1, 0.15) is 37.7 Å². The van der Waals surface area contributed by atoms with E-state index in [1.807, 2.05) is 13.0 Å². The number of carboxylic acids is 1. The minimum Gasteiger partial charge on any atom is -0.481 e. The van der Waals surface area contributed by atoms with E-state index in [2.05, 4.69) is 33.6 Å². The van der Waals surface area contributed by atoms with E-state index in [1.165, 1.54) is 0 Å². The van der Waals surface area contributed by atoms with Crippen molar-refractivity contribution in [2.24, 2.45) is 0 Å². The topological polar surface area (TPSA) is 69.6 Å². The Morgan fingerprint density at radius 2 is 1.91 bits per heavy atom. The lowest BCUT2D eigenvalue weighted by Crippen LogP contribution is -2.47. The van der Waals surface area contributed by atoms with Crippen molar-refractivity contribution in [1.82, 2.24) is 14.9 Å². The van der Waals surface area contributed by atoms with E-state index in [4.69, 9.17) is 5.11 Å². The summed E-state index contributed by atoms with van der Waals surface area (Å²) in [6.45, 7) is 10.4. The Kier molecular flexibility index (Phi) is 7.03. The summed E-state index contributed by atoms with van der Waals surface area (Å²) >= 11 is 0. The van der Waals surface area contributed by atoms with Gasteiger partial charge in [-0.15, -0.1) is 12.4 Å². The Bertz CT molecular complexity index is 502. The molecule has 7 heteroatoms. The van der Waals surface area contributed by atoms with Gasteiger partial charge in [-0.25, -0.2) is 9.97 Å². The molecule has 1 aromatic rings. The van der Waals surface area contributed by atoms with Gasteiger partial charge in [0.1, 0.15) is 11.6 Å². The summed E-state index contributed by atoms with van der Waals surface area (Å²) in [6.07, 6.45) is 0.212. The highest BCUT2D eigenvalue weighted by Crippen LogP contribution is 2.18. The first kappa shape index (κ1) is 18.6. The van der Waals surface area contributed by atoms with Crippen LogP contribution < -0.4 is 4.90 Å². The standard InChI is InChI=1S/C15H24N4O2.ClH/c1-11(2)15-16-12(3)10-13(17-15)19-8-6-18(7-9-19)5-4-14(20)21;/h10-11H,4-9H2,1-3H3,(H,20,21);1H. The lowest BCUT2D eigenvalue weighted by atomic mass is 10.2. The highest BCUT2D eigenvalue weighted by Gasteiger charge is 2.19. The number of carboxylic acid groups (broad SMARTS) is 1. The van der Waals surface area contributed by atoms with Crippen LogP contribution >= 0.6 is 12.4 Å². The third-order valence-electron chi connectivity index (χ3n) is 3.71. The van der Waals surface area contributed by atoms with Gasteiger partial charge >= 0.3 is 5.97 Å². The van der Waals surface area contributed by atoms with Gasteiger partial charge in [-0.2, -0.15) is 0 Å². The third-order valence-corrected chi connectivity index (χ3v) is 3.71. The van der Waals surface area contributed by atoms with Crippen molar-refractivity contribution in [3.8, 4) is 0 Å². The van der Waals surface area contributed by atoms with Gasteiger partial charge in [0.2, 0.25) is 0 Å². The quantitative estimate of drug-likeness (QED) is 0.890. The molecule has 0 saturated carbocycles. The maximum atomic E-state index is 10.6. The third kappa shape index (κ3) is 5.10. The maximum Gasteiger partial charge on any atom is 0.304 e. The Morgan fingerprint density at radius 1 is 1.27 bits per heavy atom. The first-order valence-electron chi connectivity index (χ1n) is 7.50. The summed E-state index contributed by atoms with van der Waals surface area (Å²) in [5.74, 6) is 1.47. The number of rotatable bonds is 5. The molecule has 2 heterocycles. The Labute approximate surface area is 138 Å². The molecule has 22 heavy (non-hydrogen) atoms. The first-order valence-corrected chi connectivity index (χ1v) is 7.50. The summed E-state index contributed by atoms with van der Waals surface area (Å²) in [5.41, 5.74) is 0.997. The summed E-state index contributed by atoms with van der Waals surface area (Å²) in [5, 5.41) is 8.73. The van der Waals surface area contributed by atoms with E-state index in [0.29, 0.717) is 12.5 Å². The Morgan fingerprint density at radius 3 is 2.45 bits per heavy atom. The number of anilines is 1. The van der Waals surface area contributed by atoms with Crippen LogP contribution in [0.2, 0.25) is 0 Å². The maximum absolute atomic E-state index is 10.6. The van der Waals surface area contributed by atoms with Crippen LogP contribution in [0.5, 0.6) is 0 Å². The van der Waals surface area contributed by atoms with Gasteiger partial charge in [0.15, 0.2) is 0 Å². The molecule has 0 radical (unpaired) electrons. The second-order valence-corrected chi connectivity index (χ2v) is 5.85. The predicted molar refractivity (Wildman–Crippen MR) is 89.0 cm³/mol. The molecule has 124 valence electrons. The van der Waals surface area contributed by atoms with Crippen molar-refractivity contribution in [2.75, 3.05) is 37.6 Å². The fourth-order valence-electron chi connectivity index (χ4n) is 2.45. The SMILES string of the molecule is Cc1cc(N2CCN(CCC(=O)O)CC2)nc(C(C)C)n1.Cl. The molecule has 0 bridgehead atoms. The number of carbonyl (C=O) groups is 1. The van der Waals surface area contributed by atoms with Crippen molar-refractivity contribution in [2.45, 2.75) is 33.1 Å². The van der Waals surface area contributed by atoms with Crippen LogP contribution in [-0.2, 0) is 4.79 Å². The molecule has 0 atom stereocenters. The number of halogens is 1. The van der Waals surface area contributed by atoms with Gasteiger partial charge in [-0.1, -0.05) is 13.8 Å². The lowest BCUT2D eigenvalue weighted by Gasteiger charge is -2.35. The molecule has 1 aliphatic heterocycles. The van der Waals surface area contributed by atoms with Crippen molar-refractivity contribution in [1.29, 1.82) is 0 Å². The number of aliphatic carboxylic acids is 1. The fraction of sp³-hybridized carbons (Fsp3) is 0.667. The van der Waals surface area contributed by atoms with Crippen LogP contribution in [0, 0.1) is 6.92 Å². The molecule has 1 aliphatic rings. The molecule has 0 amide bonds. The van der Waals surface area contributed by atoms with Gasteiger partial charge in [0.25, 0.3) is 0 Å². The molecule has 6 nitrogen and oxygen atoms in total. The molecule has 1 saturated heterocycles. The first-order chi connectivity index (χ1) is 9.95. The van der Waals surface area contributed by atoms with E-state index < -0.39 is 5.97 Å². The Balaban J connectivity index is 0.00000242. The molecular weight excluding hydrogens is 304 g/mol. The van der Waals surface area contributed by atoms with Gasteiger partial charge in [0.05, 0.1) is 6.42 Å². The average molecular weight is 329 g/mol. The van der Waals surface area contributed by atoms with E-state index in [-0.39, 0.29) is 18.8 Å². The molecule has 0 aromatic carbocycles. The summed E-state index contributed by atoms with van der Waals surface area (Å²) in [7, 11) is 0. The molecule has 0 unspecified atom stereocenters. The van der Waals surface area contributed by atoms with Gasteiger partial charge < -0.3 is 10.0 Å². The normalized spacial score (nSPS) is 15.7. The zero-order chi connectivity index (χ0) is 15.4. The highest BCUT2D eigenvalue weighted by molar-refractivity contribution is 5.85. The smallest absolute Gasteiger partial charge is 0.304 e. The number of piperazine rings is 1. The summed E-state index contributed by atoms with van der Waals surface area (Å²) < 4.78 is 0. The number of nitrogens with zero attached hydrogens (tertiary/aromatic N) is 4. The molecule has 1 N–H and O–H groups in total. The van der Waals surface area contributed by atoms with Crippen LogP contribution in [-0.4, -0.2) is 58.7 Å². The second kappa shape index (κ2) is 8.29. The monoisotopic (exact) mass is 328 g/mol. The molecular formula is C15H25ClN4O2. The minimum atomic E-state index is -0.731. The Hall–Kier alpha value is -1.40. The summed E-state index contributed by atoms with van der Waals surface area (Å²) in [4.78, 5) is 24.2.